The van der Waals surface area contributed by atoms with E-state index in [4.69, 9.17) is 5.73 Å². The first-order valence-corrected chi connectivity index (χ1v) is 5.49. The highest BCUT2D eigenvalue weighted by atomic mass is 16.2. The molecule has 1 aliphatic rings. The van der Waals surface area contributed by atoms with Crippen molar-refractivity contribution in [3.8, 4) is 0 Å². The standard InChI is InChI=1S/C12H15N3O2/c1-14-12(17)9(13)5-7-2-3-10-8(4-7)6-11(16)15-10/h2-4,9H,5-6,13H2,1H3,(H,14,17)(H,15,16). The monoisotopic (exact) mass is 233 g/mol. The summed E-state index contributed by atoms with van der Waals surface area (Å²) in [5.74, 6) is -0.174. The minimum Gasteiger partial charge on any atom is -0.358 e. The number of nitrogens with two attached hydrogens (primary N) is 1. The third kappa shape index (κ3) is 2.45. The number of benzene rings is 1. The van der Waals surface area contributed by atoms with Crippen LogP contribution in [-0.4, -0.2) is 24.9 Å². The number of likely N-dealkylation sites (N-methyl/N-ethyl adjacent to an activating group) is 1. The predicted molar refractivity (Wildman–Crippen MR) is 64.5 cm³/mol. The summed E-state index contributed by atoms with van der Waals surface area (Å²) in [6.07, 6.45) is 0.875. The van der Waals surface area contributed by atoms with E-state index < -0.39 is 6.04 Å². The van der Waals surface area contributed by atoms with Gasteiger partial charge in [-0.25, -0.2) is 0 Å². The van der Waals surface area contributed by atoms with Crippen LogP contribution in [0, 0.1) is 0 Å². The summed E-state index contributed by atoms with van der Waals surface area (Å²) < 4.78 is 0. The van der Waals surface area contributed by atoms with Gasteiger partial charge in [-0.2, -0.15) is 0 Å². The van der Waals surface area contributed by atoms with Gasteiger partial charge in [-0.3, -0.25) is 9.59 Å². The highest BCUT2D eigenvalue weighted by Crippen LogP contribution is 2.24. The molecule has 1 atom stereocenters. The van der Waals surface area contributed by atoms with Crippen molar-refractivity contribution in [1.82, 2.24) is 5.32 Å². The molecule has 1 aromatic rings. The second-order valence-corrected chi connectivity index (χ2v) is 4.14. The van der Waals surface area contributed by atoms with Gasteiger partial charge in [-0.15, -0.1) is 0 Å². The Morgan fingerprint density at radius 3 is 3.06 bits per heavy atom. The van der Waals surface area contributed by atoms with Crippen LogP contribution in [0.3, 0.4) is 0 Å². The van der Waals surface area contributed by atoms with E-state index in [1.54, 1.807) is 7.05 Å². The van der Waals surface area contributed by atoms with Crippen molar-refractivity contribution in [2.24, 2.45) is 5.73 Å². The lowest BCUT2D eigenvalue weighted by Gasteiger charge is -2.10. The molecule has 0 saturated heterocycles. The maximum atomic E-state index is 11.3. The van der Waals surface area contributed by atoms with Gasteiger partial charge in [0.1, 0.15) is 0 Å². The second-order valence-electron chi connectivity index (χ2n) is 4.14. The molecular formula is C12H15N3O2. The van der Waals surface area contributed by atoms with Crippen molar-refractivity contribution >= 4 is 17.5 Å². The Labute approximate surface area is 99.4 Å². The Morgan fingerprint density at radius 1 is 1.59 bits per heavy atom. The van der Waals surface area contributed by atoms with Crippen LogP contribution < -0.4 is 16.4 Å². The molecule has 17 heavy (non-hydrogen) atoms. The zero-order valence-electron chi connectivity index (χ0n) is 9.62. The minimum absolute atomic E-state index is 0.00718. The summed E-state index contributed by atoms with van der Waals surface area (Å²) in [5.41, 5.74) is 8.53. The summed E-state index contributed by atoms with van der Waals surface area (Å²) >= 11 is 0. The number of carbonyl (C=O) groups excluding carboxylic acids is 2. The first-order chi connectivity index (χ1) is 8.10. The van der Waals surface area contributed by atoms with E-state index in [2.05, 4.69) is 10.6 Å². The van der Waals surface area contributed by atoms with Crippen LogP contribution in [0.25, 0.3) is 0 Å². The van der Waals surface area contributed by atoms with Gasteiger partial charge in [-0.1, -0.05) is 12.1 Å². The summed E-state index contributed by atoms with van der Waals surface area (Å²) in [6, 6.07) is 5.11. The molecule has 0 radical (unpaired) electrons. The molecule has 1 aliphatic heterocycles. The van der Waals surface area contributed by atoms with Crippen LogP contribution >= 0.6 is 0 Å². The van der Waals surface area contributed by atoms with Gasteiger partial charge in [0.2, 0.25) is 11.8 Å². The fraction of sp³-hybridized carbons (Fsp3) is 0.333. The van der Waals surface area contributed by atoms with Crippen LogP contribution in [0.5, 0.6) is 0 Å². The third-order valence-corrected chi connectivity index (χ3v) is 2.83. The van der Waals surface area contributed by atoms with Crippen LogP contribution in [0.2, 0.25) is 0 Å². The Morgan fingerprint density at radius 2 is 2.35 bits per heavy atom. The first-order valence-electron chi connectivity index (χ1n) is 5.49. The van der Waals surface area contributed by atoms with Crippen molar-refractivity contribution in [3.63, 3.8) is 0 Å². The number of anilines is 1. The van der Waals surface area contributed by atoms with Crippen LogP contribution in [0.1, 0.15) is 11.1 Å². The number of rotatable bonds is 3. The predicted octanol–water partition coefficient (Wildman–Crippen LogP) is -0.203. The summed E-state index contributed by atoms with van der Waals surface area (Å²) in [4.78, 5) is 22.5. The molecule has 0 fully saturated rings. The molecule has 2 amide bonds. The SMILES string of the molecule is CNC(=O)C(N)Cc1ccc2c(c1)CC(=O)N2. The highest BCUT2D eigenvalue weighted by Gasteiger charge is 2.19. The number of amides is 2. The molecule has 1 aromatic carbocycles. The lowest BCUT2D eigenvalue weighted by atomic mass is 10.0. The number of hydrogen-bond donors (Lipinski definition) is 3. The molecule has 1 heterocycles. The Bertz CT molecular complexity index is 471. The molecule has 5 nitrogen and oxygen atoms in total. The largest absolute Gasteiger partial charge is 0.358 e. The molecule has 1 unspecified atom stereocenters. The third-order valence-electron chi connectivity index (χ3n) is 2.83. The maximum Gasteiger partial charge on any atom is 0.237 e. The quantitative estimate of drug-likeness (QED) is 0.675. The van der Waals surface area contributed by atoms with Gasteiger partial charge in [0.15, 0.2) is 0 Å². The molecule has 0 aromatic heterocycles. The average molecular weight is 233 g/mol. The molecule has 0 aliphatic carbocycles. The number of nitrogens with one attached hydrogen (secondary N) is 2. The van der Waals surface area contributed by atoms with Crippen molar-refractivity contribution in [2.45, 2.75) is 18.9 Å². The van der Waals surface area contributed by atoms with Gasteiger partial charge < -0.3 is 16.4 Å². The number of hydrogen-bond acceptors (Lipinski definition) is 3. The highest BCUT2D eigenvalue weighted by molar-refractivity contribution is 5.99. The Hall–Kier alpha value is -1.88. The molecule has 4 N–H and O–H groups in total. The van der Waals surface area contributed by atoms with E-state index in [1.807, 2.05) is 18.2 Å². The molecule has 0 saturated carbocycles. The summed E-state index contributed by atoms with van der Waals surface area (Å²) in [6.45, 7) is 0. The second kappa shape index (κ2) is 4.55. The van der Waals surface area contributed by atoms with Gasteiger partial charge in [0.25, 0.3) is 0 Å². The van der Waals surface area contributed by atoms with Gasteiger partial charge in [-0.05, 0) is 23.6 Å². The normalized spacial score (nSPS) is 15.1. The van der Waals surface area contributed by atoms with E-state index in [1.165, 1.54) is 0 Å². The lowest BCUT2D eigenvalue weighted by Crippen LogP contribution is -2.40. The van der Waals surface area contributed by atoms with Crippen molar-refractivity contribution in [3.05, 3.63) is 29.3 Å². The fourth-order valence-electron chi connectivity index (χ4n) is 1.94. The van der Waals surface area contributed by atoms with Crippen molar-refractivity contribution in [1.29, 1.82) is 0 Å². The molecule has 0 bridgehead atoms. The van der Waals surface area contributed by atoms with Crippen molar-refractivity contribution < 1.29 is 9.59 Å². The van der Waals surface area contributed by atoms with Crippen LogP contribution in [0.15, 0.2) is 18.2 Å². The first kappa shape index (κ1) is 11.6. The zero-order chi connectivity index (χ0) is 12.4. The molecular weight excluding hydrogens is 218 g/mol. The number of carbonyl (C=O) groups is 2. The average Bonchev–Trinajstić information content (AvgIpc) is 2.67. The van der Waals surface area contributed by atoms with Gasteiger partial charge in [0.05, 0.1) is 12.5 Å². The molecule has 0 spiro atoms. The molecule has 5 heteroatoms. The molecule has 90 valence electrons. The van der Waals surface area contributed by atoms with Crippen molar-refractivity contribution in [2.75, 3.05) is 12.4 Å². The fourth-order valence-corrected chi connectivity index (χ4v) is 1.94. The van der Waals surface area contributed by atoms with E-state index in [9.17, 15) is 9.59 Å². The van der Waals surface area contributed by atoms with Crippen LogP contribution in [0.4, 0.5) is 5.69 Å². The Balaban J connectivity index is 2.11. The zero-order valence-corrected chi connectivity index (χ0v) is 9.62. The van der Waals surface area contributed by atoms with E-state index in [-0.39, 0.29) is 11.8 Å². The van der Waals surface area contributed by atoms with E-state index in [0.717, 1.165) is 16.8 Å². The van der Waals surface area contributed by atoms with E-state index in [0.29, 0.717) is 12.8 Å². The lowest BCUT2D eigenvalue weighted by molar-refractivity contribution is -0.121. The van der Waals surface area contributed by atoms with Crippen LogP contribution in [-0.2, 0) is 22.4 Å². The minimum atomic E-state index is -0.553. The maximum absolute atomic E-state index is 11.3. The topological polar surface area (TPSA) is 84.2 Å². The van der Waals surface area contributed by atoms with E-state index >= 15 is 0 Å². The van der Waals surface area contributed by atoms with Gasteiger partial charge in [0, 0.05) is 12.7 Å². The summed E-state index contributed by atoms with van der Waals surface area (Å²) in [5, 5.41) is 5.28. The number of fused-ring (bicyclic) bond motifs is 1. The summed E-state index contributed by atoms with van der Waals surface area (Å²) in [7, 11) is 1.56. The van der Waals surface area contributed by atoms with Gasteiger partial charge >= 0.3 is 0 Å². The smallest absolute Gasteiger partial charge is 0.237 e. The Kier molecular flexibility index (Phi) is 3.10. The molecule has 2 rings (SSSR count).